The van der Waals surface area contributed by atoms with Crippen LogP contribution in [0, 0.1) is 0 Å². The van der Waals surface area contributed by atoms with Crippen LogP contribution in [0.1, 0.15) is 35.8 Å². The van der Waals surface area contributed by atoms with Gasteiger partial charge in [0.05, 0.1) is 6.10 Å². The number of aliphatic imine (C=N–C) groups is 1. The number of aryl methyl sites for hydroxylation is 1. The summed E-state index contributed by atoms with van der Waals surface area (Å²) in [5.74, 6) is 0.296. The van der Waals surface area contributed by atoms with Crippen LogP contribution in [0.25, 0.3) is 0 Å². The number of nitrogen functional groups attached to an aromatic ring is 2. The Labute approximate surface area is 185 Å². The number of carbonyl (C=O) groups excluding carboxylic acids is 1. The number of halogens is 1. The van der Waals surface area contributed by atoms with Gasteiger partial charge >= 0.3 is 5.91 Å². The van der Waals surface area contributed by atoms with Crippen molar-refractivity contribution in [3.05, 3.63) is 40.7 Å². The molecule has 0 spiro atoms. The summed E-state index contributed by atoms with van der Waals surface area (Å²) in [6, 6.07) is 8.00. The van der Waals surface area contributed by atoms with Gasteiger partial charge in [0.25, 0.3) is 0 Å². The second-order valence-electron chi connectivity index (χ2n) is 7.32. The van der Waals surface area contributed by atoms with Crippen LogP contribution in [0.3, 0.4) is 0 Å². The minimum atomic E-state index is -0.652. The highest BCUT2D eigenvalue weighted by molar-refractivity contribution is 6.31. The molecule has 1 saturated heterocycles. The fraction of sp³-hybridized carbons (Fsp3) is 0.400. The standard InChI is InChI=1S/C20H26ClN7O3/c1-11(29)10-31-14-7-5-12(6-8-14)3-2-4-13-9-24-20(25-13)28-19(30)15-17(22)27-18(23)16(21)26-15/h5-8,11,13,29H,2-4,9-10H2,1H3,(H4,22,23,27)(H2,24,25,28,30)/t11-,13+/m0/s1. The van der Waals surface area contributed by atoms with Gasteiger partial charge in [-0.2, -0.15) is 4.99 Å². The molecular formula is C20H26ClN7O3. The predicted octanol–water partition coefficient (Wildman–Crippen LogP) is 1.13. The van der Waals surface area contributed by atoms with Gasteiger partial charge in [-0.25, -0.2) is 9.97 Å². The maximum absolute atomic E-state index is 12.3. The highest BCUT2D eigenvalue weighted by Gasteiger charge is 2.21. The number of rotatable bonds is 8. The minimum absolute atomic E-state index is 0.0394. The van der Waals surface area contributed by atoms with Gasteiger partial charge in [-0.1, -0.05) is 23.7 Å². The van der Waals surface area contributed by atoms with Crippen LogP contribution in [0.5, 0.6) is 5.75 Å². The molecule has 166 valence electrons. The number of anilines is 2. The van der Waals surface area contributed by atoms with E-state index in [0.29, 0.717) is 12.5 Å². The lowest BCUT2D eigenvalue weighted by atomic mass is 10.1. The van der Waals surface area contributed by atoms with Crippen LogP contribution in [0.4, 0.5) is 11.6 Å². The van der Waals surface area contributed by atoms with E-state index in [1.807, 2.05) is 24.3 Å². The topological polar surface area (TPSA) is 161 Å². The van der Waals surface area contributed by atoms with Crippen molar-refractivity contribution in [3.63, 3.8) is 0 Å². The van der Waals surface area contributed by atoms with Crippen LogP contribution in [0.2, 0.25) is 5.15 Å². The van der Waals surface area contributed by atoms with E-state index >= 15 is 0 Å². The normalized spacial score (nSPS) is 17.8. The highest BCUT2D eigenvalue weighted by atomic mass is 35.5. The molecule has 0 unspecified atom stereocenters. The maximum Gasteiger partial charge on any atom is 0.302 e. The van der Waals surface area contributed by atoms with Gasteiger partial charge < -0.3 is 31.9 Å². The third kappa shape index (κ3) is 6.43. The van der Waals surface area contributed by atoms with Crippen molar-refractivity contribution in [2.45, 2.75) is 38.3 Å². The second kappa shape index (κ2) is 10.3. The quantitative estimate of drug-likeness (QED) is 0.399. The van der Waals surface area contributed by atoms with E-state index in [-0.39, 0.29) is 35.1 Å². The summed E-state index contributed by atoms with van der Waals surface area (Å²) >= 11 is 5.81. The molecule has 1 aliphatic rings. The number of hydrogen-bond donors (Lipinski definition) is 5. The molecule has 1 aromatic heterocycles. The summed E-state index contributed by atoms with van der Waals surface area (Å²) in [4.78, 5) is 24.0. The number of ether oxygens (including phenoxy) is 1. The predicted molar refractivity (Wildman–Crippen MR) is 119 cm³/mol. The molecule has 1 aromatic carbocycles. The van der Waals surface area contributed by atoms with E-state index in [0.717, 1.165) is 25.0 Å². The molecule has 0 saturated carbocycles. The van der Waals surface area contributed by atoms with Crippen molar-refractivity contribution in [2.75, 3.05) is 24.6 Å². The van der Waals surface area contributed by atoms with Crippen molar-refractivity contribution >= 4 is 35.1 Å². The van der Waals surface area contributed by atoms with Gasteiger partial charge in [0.1, 0.15) is 12.4 Å². The smallest absolute Gasteiger partial charge is 0.302 e. The minimum Gasteiger partial charge on any atom is -0.491 e. The lowest BCUT2D eigenvalue weighted by Gasteiger charge is -2.10. The number of nitrogens with two attached hydrogens (primary N) is 2. The summed E-state index contributed by atoms with van der Waals surface area (Å²) in [5.41, 5.74) is 12.3. The first-order valence-corrected chi connectivity index (χ1v) is 10.3. The van der Waals surface area contributed by atoms with Crippen LogP contribution < -0.4 is 26.8 Å². The fourth-order valence-corrected chi connectivity index (χ4v) is 3.16. The molecular weight excluding hydrogens is 422 g/mol. The van der Waals surface area contributed by atoms with Crippen molar-refractivity contribution in [3.8, 4) is 5.75 Å². The molecule has 3 rings (SSSR count). The summed E-state index contributed by atoms with van der Waals surface area (Å²) in [5, 5.41) is 15.4. The van der Waals surface area contributed by atoms with E-state index in [1.165, 1.54) is 5.56 Å². The number of aromatic nitrogens is 2. The number of nitrogens with one attached hydrogen (secondary N) is 2. The fourth-order valence-electron chi connectivity index (χ4n) is 3.04. The second-order valence-corrected chi connectivity index (χ2v) is 7.68. The molecule has 11 heteroatoms. The monoisotopic (exact) mass is 447 g/mol. The molecule has 0 aliphatic carbocycles. The number of nitrogens with zero attached hydrogens (tertiary/aromatic N) is 3. The molecule has 7 N–H and O–H groups in total. The Kier molecular flexibility index (Phi) is 7.48. The molecule has 2 heterocycles. The molecule has 10 nitrogen and oxygen atoms in total. The van der Waals surface area contributed by atoms with Crippen molar-refractivity contribution in [2.24, 2.45) is 4.99 Å². The third-order valence-corrected chi connectivity index (χ3v) is 4.89. The Hall–Kier alpha value is -3.11. The summed E-state index contributed by atoms with van der Waals surface area (Å²) in [7, 11) is 0. The first kappa shape index (κ1) is 22.6. The number of hydrogen-bond acceptors (Lipinski definition) is 7. The number of carbonyl (C=O) groups is 1. The number of aliphatic hydroxyl groups is 1. The number of guanidine groups is 1. The van der Waals surface area contributed by atoms with Crippen LogP contribution >= 0.6 is 11.6 Å². The third-order valence-electron chi connectivity index (χ3n) is 4.61. The lowest BCUT2D eigenvalue weighted by molar-refractivity contribution is 0.0998. The van der Waals surface area contributed by atoms with Gasteiger partial charge in [-0.15, -0.1) is 0 Å². The number of amides is 1. The molecule has 1 amide bonds. The van der Waals surface area contributed by atoms with Gasteiger partial charge in [-0.05, 0) is 43.9 Å². The Bertz CT molecular complexity index is 951. The zero-order valence-corrected chi connectivity index (χ0v) is 17.9. The Morgan fingerprint density at radius 3 is 2.77 bits per heavy atom. The number of aliphatic hydroxyl groups excluding tert-OH is 1. The summed E-state index contributed by atoms with van der Waals surface area (Å²) < 4.78 is 5.46. The Morgan fingerprint density at radius 2 is 2.06 bits per heavy atom. The molecule has 2 atom stereocenters. The first-order chi connectivity index (χ1) is 14.8. The zero-order chi connectivity index (χ0) is 22.4. The van der Waals surface area contributed by atoms with E-state index in [4.69, 9.17) is 27.8 Å². The average Bonchev–Trinajstić information content (AvgIpc) is 3.17. The molecule has 2 aromatic rings. The van der Waals surface area contributed by atoms with Crippen LogP contribution in [-0.2, 0) is 6.42 Å². The van der Waals surface area contributed by atoms with Gasteiger partial charge in [0.2, 0.25) is 0 Å². The largest absolute Gasteiger partial charge is 0.491 e. The van der Waals surface area contributed by atoms with Crippen molar-refractivity contribution in [1.29, 1.82) is 0 Å². The van der Waals surface area contributed by atoms with E-state index in [2.05, 4.69) is 25.6 Å². The SMILES string of the molecule is C[C@H](O)COc1ccc(CCC[C@@H]2CN/C(=N/C(=O)c3nc(Cl)c(N)nc3N)N2)cc1. The summed E-state index contributed by atoms with van der Waals surface area (Å²) in [6.07, 6.45) is 2.28. The molecule has 1 fully saturated rings. The Balaban J connectivity index is 1.46. The van der Waals surface area contributed by atoms with Gasteiger partial charge in [0.15, 0.2) is 28.4 Å². The maximum atomic E-state index is 12.3. The van der Waals surface area contributed by atoms with Crippen LogP contribution in [-0.4, -0.2) is 52.2 Å². The van der Waals surface area contributed by atoms with Crippen LogP contribution in [0.15, 0.2) is 29.3 Å². The van der Waals surface area contributed by atoms with Crippen molar-refractivity contribution < 1.29 is 14.6 Å². The zero-order valence-electron chi connectivity index (χ0n) is 17.1. The lowest BCUT2D eigenvalue weighted by Crippen LogP contribution is -2.29. The number of benzene rings is 1. The molecule has 0 radical (unpaired) electrons. The average molecular weight is 448 g/mol. The molecule has 31 heavy (non-hydrogen) atoms. The van der Waals surface area contributed by atoms with Gasteiger partial charge in [-0.3, -0.25) is 4.79 Å². The van der Waals surface area contributed by atoms with E-state index < -0.39 is 12.0 Å². The van der Waals surface area contributed by atoms with E-state index in [1.54, 1.807) is 6.92 Å². The molecule has 1 aliphatic heterocycles. The molecule has 0 bridgehead atoms. The van der Waals surface area contributed by atoms with E-state index in [9.17, 15) is 9.90 Å². The highest BCUT2D eigenvalue weighted by Crippen LogP contribution is 2.18. The van der Waals surface area contributed by atoms with Gasteiger partial charge in [0, 0.05) is 12.6 Å². The Morgan fingerprint density at radius 1 is 1.32 bits per heavy atom. The summed E-state index contributed by atoms with van der Waals surface area (Å²) in [6.45, 7) is 2.61. The van der Waals surface area contributed by atoms with Crippen molar-refractivity contribution in [1.82, 2.24) is 20.6 Å². The first-order valence-electron chi connectivity index (χ1n) is 9.93.